The quantitative estimate of drug-likeness (QED) is 0.159. The highest BCUT2D eigenvalue weighted by Gasteiger charge is 2.53. The Balaban J connectivity index is 1.42. The number of amides is 1. The molecule has 0 bridgehead atoms. The zero-order valence-electron chi connectivity index (χ0n) is 23.1. The second kappa shape index (κ2) is 11.0. The first-order valence-electron chi connectivity index (χ1n) is 13.5. The lowest BCUT2D eigenvalue weighted by Gasteiger charge is -2.28. The van der Waals surface area contributed by atoms with Crippen LogP contribution in [0.5, 0.6) is 11.5 Å². The number of benzene rings is 2. The number of hydrogen-bond acceptors (Lipinski definition) is 8. The summed E-state index contributed by atoms with van der Waals surface area (Å²) in [4.78, 5) is 13.4. The van der Waals surface area contributed by atoms with Crippen molar-refractivity contribution in [2.45, 2.75) is 69.2 Å². The number of carbonyl (C=O) groups excluding carboxylic acids is 1. The number of alkyl halides is 2. The minimum absolute atomic E-state index is 0.0214. The summed E-state index contributed by atoms with van der Waals surface area (Å²) >= 11 is 0. The van der Waals surface area contributed by atoms with Crippen LogP contribution in [-0.2, 0) is 26.9 Å². The molecule has 13 heteroatoms. The molecule has 5 rings (SSSR count). The predicted octanol–water partition coefficient (Wildman–Crippen LogP) is 3.12. The number of nitrogens with one attached hydrogen (secondary N) is 1. The Morgan fingerprint density at radius 3 is 2.50 bits per heavy atom. The Labute approximate surface area is 239 Å². The molecule has 10 nitrogen and oxygen atoms in total. The molecule has 2 aliphatic rings. The van der Waals surface area contributed by atoms with Gasteiger partial charge in [0.05, 0.1) is 42.5 Å². The number of aliphatic hydroxyl groups excluding tert-OH is 3. The van der Waals surface area contributed by atoms with E-state index < -0.39 is 47.8 Å². The van der Waals surface area contributed by atoms with Crippen LogP contribution in [0.25, 0.3) is 10.9 Å². The van der Waals surface area contributed by atoms with Crippen LogP contribution in [0.1, 0.15) is 44.4 Å². The minimum atomic E-state index is -3.79. The summed E-state index contributed by atoms with van der Waals surface area (Å²) in [6.07, 6.45) is -5.19. The molecule has 3 aromatic rings. The second-order valence-electron chi connectivity index (χ2n) is 11.4. The summed E-state index contributed by atoms with van der Waals surface area (Å²) in [7, 11) is 0. The topological polar surface area (TPSA) is 143 Å². The molecule has 5 N–H and O–H groups in total. The SMILES string of the molecule is CC(C)(CCOCC(O)O)c1cc2cc(NC(=O)C3(c4ccc5c(c4)OC(F)(F)O5)CC3)c(F)cc2n1C[C@@H](O)CO. The molecule has 1 aromatic heterocycles. The number of aromatic nitrogens is 1. The van der Waals surface area contributed by atoms with E-state index in [1.54, 1.807) is 10.6 Å². The molecule has 42 heavy (non-hydrogen) atoms. The van der Waals surface area contributed by atoms with Crippen molar-refractivity contribution >= 4 is 22.5 Å². The molecule has 1 aliphatic carbocycles. The van der Waals surface area contributed by atoms with Crippen LogP contribution in [0.4, 0.5) is 18.9 Å². The van der Waals surface area contributed by atoms with Gasteiger partial charge in [-0.1, -0.05) is 19.9 Å². The molecule has 1 saturated carbocycles. The van der Waals surface area contributed by atoms with E-state index in [0.29, 0.717) is 41.4 Å². The predicted molar refractivity (Wildman–Crippen MR) is 144 cm³/mol. The maximum Gasteiger partial charge on any atom is 0.586 e. The second-order valence-corrected chi connectivity index (χ2v) is 11.4. The molecular formula is C29H33F3N2O8. The van der Waals surface area contributed by atoms with E-state index in [0.717, 1.165) is 0 Å². The monoisotopic (exact) mass is 594 g/mol. The van der Waals surface area contributed by atoms with E-state index in [4.69, 9.17) is 14.9 Å². The summed E-state index contributed by atoms with van der Waals surface area (Å²) < 4.78 is 58.4. The summed E-state index contributed by atoms with van der Waals surface area (Å²) in [6, 6.07) is 8.71. The van der Waals surface area contributed by atoms with Crippen LogP contribution in [0.3, 0.4) is 0 Å². The fourth-order valence-corrected chi connectivity index (χ4v) is 5.31. The molecule has 1 aliphatic heterocycles. The number of aliphatic hydroxyl groups is 4. The van der Waals surface area contributed by atoms with Gasteiger partial charge in [-0.3, -0.25) is 4.79 Å². The van der Waals surface area contributed by atoms with E-state index in [9.17, 15) is 23.8 Å². The standard InChI is InChI=1S/C29H33F3N2O8/c1-27(2,7-8-40-15-25(37)38)24-10-16-9-20(19(30)12-21(16)34(24)13-18(36)14-35)33-26(39)28(5-6-28)17-3-4-22-23(11-17)42-29(31,32)41-22/h3-4,9-12,18,25,35-38H,5-8,13-15H2,1-2H3,(H,33,39)/t18-/m1/s1. The summed E-state index contributed by atoms with van der Waals surface area (Å²) in [6.45, 7) is 3.25. The first-order chi connectivity index (χ1) is 19.7. The summed E-state index contributed by atoms with van der Waals surface area (Å²) in [5.74, 6) is -1.53. The number of ether oxygens (including phenoxy) is 3. The summed E-state index contributed by atoms with van der Waals surface area (Å²) in [5, 5.41) is 41.0. The van der Waals surface area contributed by atoms with Gasteiger partial charge in [0.15, 0.2) is 17.8 Å². The van der Waals surface area contributed by atoms with Gasteiger partial charge in [-0.15, -0.1) is 8.78 Å². The number of rotatable bonds is 12. The van der Waals surface area contributed by atoms with Crippen molar-refractivity contribution < 1.29 is 52.6 Å². The Kier molecular flexibility index (Phi) is 7.92. The number of anilines is 1. The van der Waals surface area contributed by atoms with Gasteiger partial charge in [0.1, 0.15) is 5.82 Å². The molecule has 0 saturated heterocycles. The maximum absolute atomic E-state index is 15.5. The molecule has 1 atom stereocenters. The Bertz CT molecular complexity index is 1490. The highest BCUT2D eigenvalue weighted by molar-refractivity contribution is 6.02. The van der Waals surface area contributed by atoms with Gasteiger partial charge in [-0.2, -0.15) is 0 Å². The van der Waals surface area contributed by atoms with Gasteiger partial charge in [0.2, 0.25) is 5.91 Å². The van der Waals surface area contributed by atoms with Crippen LogP contribution in [0.2, 0.25) is 0 Å². The number of carbonyl (C=O) groups is 1. The van der Waals surface area contributed by atoms with Crippen LogP contribution in [0.15, 0.2) is 36.4 Å². The number of hydrogen-bond donors (Lipinski definition) is 5. The first-order valence-corrected chi connectivity index (χ1v) is 13.5. The van der Waals surface area contributed by atoms with Crippen molar-refractivity contribution in [3.8, 4) is 11.5 Å². The lowest BCUT2D eigenvalue weighted by Crippen LogP contribution is -2.28. The van der Waals surface area contributed by atoms with E-state index in [1.807, 2.05) is 13.8 Å². The van der Waals surface area contributed by atoms with Crippen molar-refractivity contribution in [2.24, 2.45) is 0 Å². The lowest BCUT2D eigenvalue weighted by atomic mass is 9.85. The number of nitrogens with zero attached hydrogens (tertiary/aromatic N) is 1. The third-order valence-electron chi connectivity index (χ3n) is 7.81. The highest BCUT2D eigenvalue weighted by Crippen LogP contribution is 2.52. The molecule has 2 aromatic carbocycles. The molecule has 1 amide bonds. The van der Waals surface area contributed by atoms with Crippen LogP contribution in [0, 0.1) is 5.82 Å². The van der Waals surface area contributed by atoms with Gasteiger partial charge in [-0.25, -0.2) is 4.39 Å². The average molecular weight is 595 g/mol. The largest absolute Gasteiger partial charge is 0.586 e. The molecule has 0 spiro atoms. The van der Waals surface area contributed by atoms with Crippen molar-refractivity contribution in [3.05, 3.63) is 53.5 Å². The van der Waals surface area contributed by atoms with Gasteiger partial charge in [-0.05, 0) is 49.1 Å². The Hall–Kier alpha value is -3.36. The Morgan fingerprint density at radius 1 is 1.12 bits per heavy atom. The fourth-order valence-electron chi connectivity index (χ4n) is 5.31. The molecular weight excluding hydrogens is 561 g/mol. The maximum atomic E-state index is 15.5. The van der Waals surface area contributed by atoms with Gasteiger partial charge in [0, 0.05) is 29.2 Å². The third-order valence-corrected chi connectivity index (χ3v) is 7.81. The lowest BCUT2D eigenvalue weighted by molar-refractivity contribution is -0.286. The van der Waals surface area contributed by atoms with Gasteiger partial charge in [0.25, 0.3) is 0 Å². The molecule has 0 radical (unpaired) electrons. The Morgan fingerprint density at radius 2 is 1.83 bits per heavy atom. The molecule has 0 unspecified atom stereocenters. The van der Waals surface area contributed by atoms with E-state index in [1.165, 1.54) is 30.3 Å². The minimum Gasteiger partial charge on any atom is -0.395 e. The zero-order valence-corrected chi connectivity index (χ0v) is 23.1. The van der Waals surface area contributed by atoms with Crippen molar-refractivity contribution in [2.75, 3.05) is 25.1 Å². The van der Waals surface area contributed by atoms with Crippen LogP contribution < -0.4 is 14.8 Å². The zero-order chi connectivity index (χ0) is 30.4. The smallest absolute Gasteiger partial charge is 0.395 e. The van der Waals surface area contributed by atoms with Gasteiger partial charge < -0.3 is 44.5 Å². The average Bonchev–Trinajstić information content (AvgIpc) is 3.57. The third kappa shape index (κ3) is 5.92. The van der Waals surface area contributed by atoms with Crippen LogP contribution in [-0.4, -0.2) is 69.4 Å². The van der Waals surface area contributed by atoms with E-state index >= 15 is 4.39 Å². The van der Waals surface area contributed by atoms with Crippen LogP contribution >= 0.6 is 0 Å². The highest BCUT2D eigenvalue weighted by atomic mass is 19.3. The van der Waals surface area contributed by atoms with Gasteiger partial charge >= 0.3 is 6.29 Å². The van der Waals surface area contributed by atoms with Crippen molar-refractivity contribution in [1.29, 1.82) is 0 Å². The van der Waals surface area contributed by atoms with Crippen molar-refractivity contribution in [3.63, 3.8) is 0 Å². The number of halogens is 3. The van der Waals surface area contributed by atoms with E-state index in [2.05, 4.69) is 14.8 Å². The molecule has 228 valence electrons. The number of fused-ring (bicyclic) bond motifs is 2. The van der Waals surface area contributed by atoms with Crippen molar-refractivity contribution in [1.82, 2.24) is 4.57 Å². The first kappa shape index (κ1) is 30.1. The molecule has 1 fully saturated rings. The molecule has 2 heterocycles. The normalized spacial score (nSPS) is 17.6. The van der Waals surface area contributed by atoms with E-state index in [-0.39, 0.29) is 36.9 Å². The summed E-state index contributed by atoms with van der Waals surface area (Å²) in [5.41, 5.74) is -0.101. The fraction of sp³-hybridized carbons (Fsp3) is 0.483.